The molecule has 0 unspecified atom stereocenters. The van der Waals surface area contributed by atoms with Crippen LogP contribution >= 0.6 is 0 Å². The van der Waals surface area contributed by atoms with Crippen molar-refractivity contribution in [1.82, 2.24) is 14.5 Å². The average molecular weight is 542 g/mol. The van der Waals surface area contributed by atoms with Crippen molar-refractivity contribution in [1.29, 1.82) is 0 Å². The highest BCUT2D eigenvalue weighted by Crippen LogP contribution is 2.28. The zero-order valence-electron chi connectivity index (χ0n) is 21.9. The van der Waals surface area contributed by atoms with Crippen LogP contribution in [0.25, 0.3) is 0 Å². The first-order valence-corrected chi connectivity index (χ1v) is 14.8. The molecule has 200 valence electrons. The van der Waals surface area contributed by atoms with Crippen molar-refractivity contribution in [2.24, 2.45) is 0 Å². The van der Waals surface area contributed by atoms with Crippen LogP contribution in [0, 0.1) is 6.92 Å². The minimum Gasteiger partial charge on any atom is -0.339 e. The maximum absolute atomic E-state index is 13.1. The monoisotopic (exact) mass is 541 g/mol. The first kappa shape index (κ1) is 26.6. The Hall–Kier alpha value is -4.04. The zero-order chi connectivity index (χ0) is 27.4. The Bertz CT molecular complexity index is 1550. The fourth-order valence-corrected chi connectivity index (χ4v) is 6.22. The minimum absolute atomic E-state index is 0.000474. The fourth-order valence-electron chi connectivity index (χ4n) is 5.00. The summed E-state index contributed by atoms with van der Waals surface area (Å²) in [4.78, 5) is 32.5. The summed E-state index contributed by atoms with van der Waals surface area (Å²) in [5.41, 5.74) is 2.74. The van der Waals surface area contributed by atoms with Crippen molar-refractivity contribution in [2.75, 3.05) is 18.8 Å². The van der Waals surface area contributed by atoms with Gasteiger partial charge in [-0.15, -0.1) is 0 Å². The Morgan fingerprint density at radius 1 is 0.846 bits per heavy atom. The van der Waals surface area contributed by atoms with Gasteiger partial charge in [-0.3, -0.25) is 9.59 Å². The molecule has 0 spiro atoms. The number of hydrogen-bond acceptors (Lipinski definition) is 5. The van der Waals surface area contributed by atoms with E-state index in [4.69, 9.17) is 0 Å². The quantitative estimate of drug-likeness (QED) is 0.296. The number of carbonyl (C=O) groups excluding carboxylic acids is 2. The molecule has 1 saturated heterocycles. The number of likely N-dealkylation sites (tertiary alicyclic amines) is 1. The van der Waals surface area contributed by atoms with Crippen molar-refractivity contribution >= 4 is 21.5 Å². The molecule has 0 atom stereocenters. The summed E-state index contributed by atoms with van der Waals surface area (Å²) in [6, 6.07) is 22.8. The number of carbonyl (C=O) groups is 2. The van der Waals surface area contributed by atoms with Crippen LogP contribution in [0.15, 0.2) is 96.2 Å². The number of ketones is 1. The van der Waals surface area contributed by atoms with E-state index in [1.165, 1.54) is 0 Å². The van der Waals surface area contributed by atoms with Crippen molar-refractivity contribution in [3.05, 3.63) is 119 Å². The molecule has 8 heteroatoms. The van der Waals surface area contributed by atoms with Crippen LogP contribution in [-0.2, 0) is 16.4 Å². The smallest absolute Gasteiger partial charge is 0.253 e. The SMILES string of the molecule is Cc1ccc(S(=O)(=O)CCn2ccnc2C2CCN(C(=O)c3ccc(C(=O)c4ccccc4)cc3)CC2)cc1. The van der Waals surface area contributed by atoms with Gasteiger partial charge in [0.2, 0.25) is 0 Å². The zero-order valence-corrected chi connectivity index (χ0v) is 22.7. The number of sulfone groups is 1. The molecule has 3 aromatic carbocycles. The lowest BCUT2D eigenvalue weighted by atomic mass is 9.95. The molecule has 4 aromatic rings. The molecule has 1 aliphatic heterocycles. The van der Waals surface area contributed by atoms with Crippen LogP contribution in [-0.4, -0.2) is 53.4 Å². The third-order valence-electron chi connectivity index (χ3n) is 7.31. The summed E-state index contributed by atoms with van der Waals surface area (Å²) in [6.45, 7) is 3.43. The third-order valence-corrected chi connectivity index (χ3v) is 9.02. The van der Waals surface area contributed by atoms with E-state index in [1.54, 1.807) is 54.7 Å². The lowest BCUT2D eigenvalue weighted by molar-refractivity contribution is 0.0710. The van der Waals surface area contributed by atoms with Gasteiger partial charge in [-0.25, -0.2) is 13.4 Å². The van der Waals surface area contributed by atoms with E-state index >= 15 is 0 Å². The first-order chi connectivity index (χ1) is 18.8. The second-order valence-electron chi connectivity index (χ2n) is 9.95. The number of piperidine rings is 1. The molecule has 7 nitrogen and oxygen atoms in total. The lowest BCUT2D eigenvalue weighted by Gasteiger charge is -2.32. The number of amides is 1. The van der Waals surface area contributed by atoms with Gasteiger partial charge in [0.15, 0.2) is 15.6 Å². The Kier molecular flexibility index (Phi) is 7.74. The van der Waals surface area contributed by atoms with Crippen molar-refractivity contribution < 1.29 is 18.0 Å². The van der Waals surface area contributed by atoms with Gasteiger partial charge in [0.25, 0.3) is 5.91 Å². The molecule has 5 rings (SSSR count). The summed E-state index contributed by atoms with van der Waals surface area (Å²) in [7, 11) is -3.40. The molecule has 1 aliphatic rings. The lowest BCUT2D eigenvalue weighted by Crippen LogP contribution is -2.38. The molecule has 1 aromatic heterocycles. The summed E-state index contributed by atoms with van der Waals surface area (Å²) in [5, 5.41) is 0. The highest BCUT2D eigenvalue weighted by atomic mass is 32.2. The van der Waals surface area contributed by atoms with E-state index in [1.807, 2.05) is 52.9 Å². The van der Waals surface area contributed by atoms with E-state index < -0.39 is 9.84 Å². The second kappa shape index (κ2) is 11.4. The predicted octanol–water partition coefficient (Wildman–Crippen LogP) is 4.92. The van der Waals surface area contributed by atoms with Crippen LogP contribution in [0.2, 0.25) is 0 Å². The van der Waals surface area contributed by atoms with Crippen molar-refractivity contribution in [3.63, 3.8) is 0 Å². The topological polar surface area (TPSA) is 89.3 Å². The molecule has 2 heterocycles. The number of imidazole rings is 1. The molecule has 0 aliphatic carbocycles. The minimum atomic E-state index is -3.40. The maximum Gasteiger partial charge on any atom is 0.253 e. The van der Waals surface area contributed by atoms with Gasteiger partial charge in [0.1, 0.15) is 5.82 Å². The molecule has 39 heavy (non-hydrogen) atoms. The van der Waals surface area contributed by atoms with Crippen LogP contribution in [0.5, 0.6) is 0 Å². The molecule has 0 radical (unpaired) electrons. The van der Waals surface area contributed by atoms with E-state index in [0.717, 1.165) is 24.2 Å². The van der Waals surface area contributed by atoms with E-state index in [2.05, 4.69) is 4.98 Å². The molecule has 0 saturated carbocycles. The van der Waals surface area contributed by atoms with Crippen LogP contribution in [0.3, 0.4) is 0 Å². The van der Waals surface area contributed by atoms with Gasteiger partial charge in [-0.1, -0.05) is 60.2 Å². The number of rotatable bonds is 8. The van der Waals surface area contributed by atoms with Crippen LogP contribution in [0.4, 0.5) is 0 Å². The van der Waals surface area contributed by atoms with Crippen LogP contribution < -0.4 is 0 Å². The van der Waals surface area contributed by atoms with Gasteiger partial charge in [0.05, 0.1) is 10.6 Å². The van der Waals surface area contributed by atoms with Crippen molar-refractivity contribution in [3.8, 4) is 0 Å². The fraction of sp³-hybridized carbons (Fsp3) is 0.258. The maximum atomic E-state index is 13.1. The second-order valence-corrected chi connectivity index (χ2v) is 12.1. The average Bonchev–Trinajstić information content (AvgIpc) is 3.45. The number of nitrogens with zero attached hydrogens (tertiary/aromatic N) is 3. The van der Waals surface area contributed by atoms with Gasteiger partial charge in [-0.05, 0) is 44.0 Å². The third kappa shape index (κ3) is 6.01. The van der Waals surface area contributed by atoms with Crippen LogP contribution in [0.1, 0.15) is 56.4 Å². The summed E-state index contributed by atoms with van der Waals surface area (Å²) >= 11 is 0. The summed E-state index contributed by atoms with van der Waals surface area (Å²) in [5.74, 6) is 0.888. The summed E-state index contributed by atoms with van der Waals surface area (Å²) in [6.07, 6.45) is 5.04. The first-order valence-electron chi connectivity index (χ1n) is 13.1. The molecular weight excluding hydrogens is 510 g/mol. The van der Waals surface area contributed by atoms with Gasteiger partial charge < -0.3 is 9.47 Å². The highest BCUT2D eigenvalue weighted by molar-refractivity contribution is 7.91. The molecule has 0 bridgehead atoms. The standard InChI is InChI=1S/C31H31N3O4S/c1-23-7-13-28(14-8-23)39(37,38)22-21-33-20-17-32-30(33)26-15-18-34(19-16-26)31(36)27-11-9-25(10-12-27)29(35)24-5-3-2-4-6-24/h2-14,17,20,26H,15-16,18-19,21-22H2,1H3. The molecule has 1 fully saturated rings. The molecular formula is C31H31N3O4S. The Balaban J connectivity index is 1.18. The van der Waals surface area contributed by atoms with E-state index in [9.17, 15) is 18.0 Å². The highest BCUT2D eigenvalue weighted by Gasteiger charge is 2.27. The van der Waals surface area contributed by atoms with Crippen molar-refractivity contribution in [2.45, 2.75) is 37.1 Å². The van der Waals surface area contributed by atoms with Gasteiger partial charge >= 0.3 is 0 Å². The number of hydrogen-bond donors (Lipinski definition) is 0. The predicted molar refractivity (Wildman–Crippen MR) is 150 cm³/mol. The number of aromatic nitrogens is 2. The number of benzene rings is 3. The normalized spacial score (nSPS) is 14.3. The van der Waals surface area contributed by atoms with Gasteiger partial charge in [0, 0.05) is 54.6 Å². The number of aryl methyl sites for hydroxylation is 2. The largest absolute Gasteiger partial charge is 0.339 e. The Morgan fingerprint density at radius 3 is 2.13 bits per heavy atom. The molecule has 1 amide bonds. The summed E-state index contributed by atoms with van der Waals surface area (Å²) < 4.78 is 27.6. The molecule has 0 N–H and O–H groups in total. The Morgan fingerprint density at radius 2 is 1.46 bits per heavy atom. The van der Waals surface area contributed by atoms with Gasteiger partial charge in [-0.2, -0.15) is 0 Å². The Labute approximate surface area is 229 Å². The van der Waals surface area contributed by atoms with E-state index in [0.29, 0.717) is 41.2 Å². The van der Waals surface area contributed by atoms with E-state index in [-0.39, 0.29) is 23.4 Å².